The SMILES string of the molecule is C=C[C@H]1CC[C@H](c2ccccc2)S(=O)(=O)N1Cc1cc(F)c([C@]2(c3n[nH]c(=O)o3)C[C@](C)(O)C2)cc1F. The molecule has 2 heterocycles. The third kappa shape index (κ3) is 4.34. The highest BCUT2D eigenvalue weighted by molar-refractivity contribution is 7.89. The van der Waals surface area contributed by atoms with E-state index in [9.17, 15) is 18.3 Å². The van der Waals surface area contributed by atoms with Gasteiger partial charge in [-0.3, -0.25) is 0 Å². The van der Waals surface area contributed by atoms with Crippen LogP contribution in [0.5, 0.6) is 0 Å². The van der Waals surface area contributed by atoms with Crippen LogP contribution in [0.1, 0.15) is 60.4 Å². The Morgan fingerprint density at radius 2 is 1.92 bits per heavy atom. The van der Waals surface area contributed by atoms with Crippen LogP contribution in [-0.2, 0) is 22.0 Å². The molecule has 11 heteroatoms. The Hall–Kier alpha value is -3.15. The van der Waals surface area contributed by atoms with Crippen molar-refractivity contribution in [3.8, 4) is 0 Å². The minimum absolute atomic E-state index is 0.0404. The smallest absolute Gasteiger partial charge is 0.391 e. The van der Waals surface area contributed by atoms with E-state index in [1.807, 2.05) is 0 Å². The molecule has 8 nitrogen and oxygen atoms in total. The van der Waals surface area contributed by atoms with Gasteiger partial charge in [0.05, 0.1) is 11.0 Å². The lowest BCUT2D eigenvalue weighted by Gasteiger charge is -2.49. The molecule has 2 aliphatic rings. The Bertz CT molecular complexity index is 1490. The fraction of sp³-hybridized carbons (Fsp3) is 0.385. The first-order chi connectivity index (χ1) is 17.5. The maximum absolute atomic E-state index is 15.6. The van der Waals surface area contributed by atoms with Crippen molar-refractivity contribution in [3.05, 3.63) is 99.9 Å². The van der Waals surface area contributed by atoms with E-state index >= 15 is 8.78 Å². The number of aromatic amines is 1. The predicted molar refractivity (Wildman–Crippen MR) is 131 cm³/mol. The molecule has 0 bridgehead atoms. The molecule has 1 saturated heterocycles. The maximum Gasteiger partial charge on any atom is 0.434 e. The number of halogens is 2. The zero-order valence-corrected chi connectivity index (χ0v) is 21.0. The highest BCUT2D eigenvalue weighted by atomic mass is 32.2. The van der Waals surface area contributed by atoms with Gasteiger partial charge in [-0.05, 0) is 50.3 Å². The lowest BCUT2D eigenvalue weighted by molar-refractivity contribution is -0.0705. The molecule has 2 atom stereocenters. The third-order valence-corrected chi connectivity index (χ3v) is 9.70. The second-order valence-electron chi connectivity index (χ2n) is 10.1. The Kier molecular flexibility index (Phi) is 6.20. The lowest BCUT2D eigenvalue weighted by atomic mass is 9.56. The summed E-state index contributed by atoms with van der Waals surface area (Å²) in [5.74, 6) is -2.63. The zero-order valence-electron chi connectivity index (χ0n) is 20.2. The van der Waals surface area contributed by atoms with Crippen molar-refractivity contribution in [1.82, 2.24) is 14.5 Å². The molecule has 0 spiro atoms. The van der Waals surface area contributed by atoms with Crippen LogP contribution in [0.25, 0.3) is 0 Å². The second-order valence-corrected chi connectivity index (χ2v) is 12.2. The lowest BCUT2D eigenvalue weighted by Crippen LogP contribution is -2.54. The van der Waals surface area contributed by atoms with Gasteiger partial charge in [0.25, 0.3) is 0 Å². The van der Waals surface area contributed by atoms with Crippen molar-refractivity contribution in [2.24, 2.45) is 0 Å². The van der Waals surface area contributed by atoms with Gasteiger partial charge in [-0.2, -0.15) is 4.31 Å². The number of hydrogen-bond acceptors (Lipinski definition) is 6. The van der Waals surface area contributed by atoms with Gasteiger partial charge in [0, 0.05) is 23.7 Å². The fourth-order valence-corrected chi connectivity index (χ4v) is 7.95. The summed E-state index contributed by atoms with van der Waals surface area (Å²) < 4.78 is 64.5. The molecule has 0 amide bonds. The predicted octanol–water partition coefficient (Wildman–Crippen LogP) is 3.69. The Morgan fingerprint density at radius 1 is 1.22 bits per heavy atom. The maximum atomic E-state index is 15.6. The largest absolute Gasteiger partial charge is 0.434 e. The highest BCUT2D eigenvalue weighted by Crippen LogP contribution is 2.54. The summed E-state index contributed by atoms with van der Waals surface area (Å²) in [6, 6.07) is 10.2. The van der Waals surface area contributed by atoms with Crippen molar-refractivity contribution in [3.63, 3.8) is 0 Å². The van der Waals surface area contributed by atoms with Crippen LogP contribution in [0.15, 0.2) is 64.3 Å². The van der Waals surface area contributed by atoms with Gasteiger partial charge in [-0.15, -0.1) is 11.7 Å². The van der Waals surface area contributed by atoms with Crippen LogP contribution in [-0.4, -0.2) is 39.7 Å². The van der Waals surface area contributed by atoms with E-state index < -0.39 is 49.7 Å². The molecule has 196 valence electrons. The summed E-state index contributed by atoms with van der Waals surface area (Å²) in [4.78, 5) is 11.6. The van der Waals surface area contributed by atoms with Crippen LogP contribution in [0.4, 0.5) is 8.78 Å². The monoisotopic (exact) mass is 531 g/mol. The zero-order chi connectivity index (χ0) is 26.6. The van der Waals surface area contributed by atoms with E-state index in [1.165, 1.54) is 10.4 Å². The number of nitrogens with one attached hydrogen (secondary N) is 1. The van der Waals surface area contributed by atoms with E-state index in [4.69, 9.17) is 4.42 Å². The molecule has 2 N–H and O–H groups in total. The molecule has 1 aliphatic heterocycles. The Balaban J connectivity index is 1.51. The van der Waals surface area contributed by atoms with Crippen molar-refractivity contribution in [1.29, 1.82) is 0 Å². The number of nitrogens with zero attached hydrogens (tertiary/aromatic N) is 2. The summed E-state index contributed by atoms with van der Waals surface area (Å²) in [5.41, 5.74) is -2.17. The normalized spacial score (nSPS) is 29.5. The molecule has 2 aromatic carbocycles. The molecule has 37 heavy (non-hydrogen) atoms. The molecule has 1 saturated carbocycles. The van der Waals surface area contributed by atoms with Gasteiger partial charge in [-0.25, -0.2) is 27.1 Å². The first kappa shape index (κ1) is 25.5. The summed E-state index contributed by atoms with van der Waals surface area (Å²) in [7, 11) is -3.92. The van der Waals surface area contributed by atoms with Crippen molar-refractivity contribution < 1.29 is 26.7 Å². The average molecular weight is 532 g/mol. The van der Waals surface area contributed by atoms with Crippen LogP contribution in [0.2, 0.25) is 0 Å². The minimum atomic E-state index is -3.92. The van der Waals surface area contributed by atoms with Gasteiger partial charge in [0.2, 0.25) is 15.9 Å². The molecular weight excluding hydrogens is 504 g/mol. The molecule has 1 aliphatic carbocycles. The van der Waals surface area contributed by atoms with Gasteiger partial charge in [0.1, 0.15) is 16.9 Å². The van der Waals surface area contributed by atoms with Gasteiger partial charge in [0.15, 0.2) is 0 Å². The number of sulfonamides is 1. The first-order valence-corrected chi connectivity index (χ1v) is 13.4. The molecule has 0 radical (unpaired) electrons. The van der Waals surface area contributed by atoms with E-state index in [1.54, 1.807) is 37.3 Å². The van der Waals surface area contributed by atoms with Gasteiger partial charge >= 0.3 is 5.76 Å². The Morgan fingerprint density at radius 3 is 2.51 bits per heavy atom. The number of H-pyrrole nitrogens is 1. The van der Waals surface area contributed by atoms with E-state index in [0.717, 1.165) is 12.1 Å². The van der Waals surface area contributed by atoms with Crippen LogP contribution < -0.4 is 5.76 Å². The number of hydrogen-bond donors (Lipinski definition) is 2. The number of benzene rings is 2. The summed E-state index contributed by atoms with van der Waals surface area (Å²) >= 11 is 0. The molecule has 5 rings (SSSR count). The molecule has 3 aromatic rings. The average Bonchev–Trinajstić information content (AvgIpc) is 3.27. The minimum Gasteiger partial charge on any atom is -0.391 e. The molecule has 1 aromatic heterocycles. The second kappa shape index (κ2) is 9.00. The standard InChI is InChI=1S/C26H27F2N3O5S/c1-3-18-9-10-22(16-7-5-4-6-8-16)37(34,35)31(18)13-17-11-21(28)19(12-20(17)27)26(14-25(2,33)15-26)23-29-30-24(32)36-23/h3-8,11-12,18,22,33H,1,9-10,13-15H2,2H3,(H,30,32)/t18-,22+,25-,26-/m0/s1. The van der Waals surface area contributed by atoms with Gasteiger partial charge < -0.3 is 9.52 Å². The van der Waals surface area contributed by atoms with Crippen molar-refractivity contribution in [2.75, 3.05) is 0 Å². The van der Waals surface area contributed by atoms with Crippen molar-refractivity contribution in [2.45, 2.75) is 61.5 Å². The summed E-state index contributed by atoms with van der Waals surface area (Å²) in [6.07, 6.45) is 2.29. The van der Waals surface area contributed by atoms with E-state index in [0.29, 0.717) is 18.4 Å². The highest BCUT2D eigenvalue weighted by Gasteiger charge is 2.58. The fourth-order valence-electron chi connectivity index (χ4n) is 5.80. The third-order valence-electron chi connectivity index (χ3n) is 7.41. The van der Waals surface area contributed by atoms with Crippen LogP contribution >= 0.6 is 0 Å². The molecule has 2 fully saturated rings. The number of aliphatic hydroxyl groups is 1. The van der Waals surface area contributed by atoms with Crippen LogP contribution in [0, 0.1) is 11.6 Å². The van der Waals surface area contributed by atoms with E-state index in [-0.39, 0.29) is 36.4 Å². The first-order valence-electron chi connectivity index (χ1n) is 11.9. The molecule has 0 unspecified atom stereocenters. The van der Waals surface area contributed by atoms with Gasteiger partial charge in [-0.1, -0.05) is 36.4 Å². The summed E-state index contributed by atoms with van der Waals surface area (Å²) in [5, 5.41) is 15.5. The van der Waals surface area contributed by atoms with Crippen LogP contribution in [0.3, 0.4) is 0 Å². The van der Waals surface area contributed by atoms with Crippen molar-refractivity contribution >= 4 is 10.0 Å². The quantitative estimate of drug-likeness (QED) is 0.469. The number of rotatable bonds is 6. The number of aromatic nitrogens is 2. The topological polar surface area (TPSA) is 116 Å². The molecular formula is C26H27F2N3O5S. The van der Waals surface area contributed by atoms with E-state index in [2.05, 4.69) is 16.8 Å². The Labute approximate surface area is 212 Å². The summed E-state index contributed by atoms with van der Waals surface area (Å²) in [6.45, 7) is 4.91.